The first-order valence-corrected chi connectivity index (χ1v) is 11.3. The van der Waals surface area contributed by atoms with Crippen molar-refractivity contribution in [1.82, 2.24) is 15.1 Å². The monoisotopic (exact) mass is 503 g/mol. The van der Waals surface area contributed by atoms with Crippen LogP contribution in [0.4, 0.5) is 0 Å². The molecule has 2 aromatic carbocycles. The largest absolute Gasteiger partial charge is 0.507 e. The number of aromatic nitrogens is 2. The molecule has 1 unspecified atom stereocenters. The van der Waals surface area contributed by atoms with E-state index in [-0.39, 0.29) is 23.8 Å². The summed E-state index contributed by atoms with van der Waals surface area (Å²) in [5.41, 5.74) is 3.14. The maximum atomic E-state index is 13.3. The molecule has 4 rings (SSSR count). The van der Waals surface area contributed by atoms with Crippen molar-refractivity contribution < 1.29 is 14.6 Å². The lowest BCUT2D eigenvalue weighted by Gasteiger charge is -2.26. The van der Waals surface area contributed by atoms with Gasteiger partial charge in [-0.25, -0.2) is 0 Å². The molecule has 1 atom stereocenters. The molecule has 8 heteroatoms. The average molecular weight is 505 g/mol. The molecule has 0 saturated heterocycles. The zero-order chi connectivity index (χ0) is 22.1. The maximum Gasteiger partial charge on any atom is 0.273 e. The van der Waals surface area contributed by atoms with E-state index in [0.29, 0.717) is 41.5 Å². The van der Waals surface area contributed by atoms with Crippen molar-refractivity contribution in [2.45, 2.75) is 32.4 Å². The average Bonchev–Trinajstić information content (AvgIpc) is 3.26. The molecule has 1 amide bonds. The van der Waals surface area contributed by atoms with Gasteiger partial charge in [-0.15, -0.1) is 0 Å². The van der Waals surface area contributed by atoms with Crippen LogP contribution in [0.3, 0.4) is 0 Å². The summed E-state index contributed by atoms with van der Waals surface area (Å²) in [4.78, 5) is 15.1. The Labute approximate surface area is 194 Å². The Hall–Kier alpha value is -2.35. The number of nitrogens with zero attached hydrogens (tertiary/aromatic N) is 2. The number of benzene rings is 2. The topological polar surface area (TPSA) is 78.5 Å². The summed E-state index contributed by atoms with van der Waals surface area (Å²) in [6.07, 6.45) is 0.855. The molecule has 0 aliphatic carbocycles. The van der Waals surface area contributed by atoms with E-state index < -0.39 is 0 Å². The molecule has 162 valence electrons. The second kappa shape index (κ2) is 9.02. The smallest absolute Gasteiger partial charge is 0.273 e. The van der Waals surface area contributed by atoms with E-state index in [1.54, 1.807) is 12.1 Å². The Morgan fingerprint density at radius 2 is 2.10 bits per heavy atom. The maximum absolute atomic E-state index is 13.3. The molecule has 0 fully saturated rings. The molecule has 2 heterocycles. The first-order chi connectivity index (χ1) is 14.9. The summed E-state index contributed by atoms with van der Waals surface area (Å²) in [5, 5.41) is 18.2. The molecule has 0 bridgehead atoms. The molecule has 31 heavy (non-hydrogen) atoms. The fraction of sp³-hybridized carbons (Fsp3) is 0.304. The van der Waals surface area contributed by atoms with Gasteiger partial charge in [-0.3, -0.25) is 9.89 Å². The predicted molar refractivity (Wildman–Crippen MR) is 123 cm³/mol. The predicted octanol–water partition coefficient (Wildman–Crippen LogP) is 5.56. The van der Waals surface area contributed by atoms with Gasteiger partial charge in [0, 0.05) is 33.8 Å². The van der Waals surface area contributed by atoms with Gasteiger partial charge in [0.2, 0.25) is 0 Å². The normalized spacial score (nSPS) is 15.7. The minimum Gasteiger partial charge on any atom is -0.507 e. The van der Waals surface area contributed by atoms with Crippen LogP contribution < -0.4 is 0 Å². The number of aromatic hydroxyl groups is 1. The zero-order valence-electron chi connectivity index (χ0n) is 17.2. The number of aromatic amines is 1. The van der Waals surface area contributed by atoms with Crippen LogP contribution in [0.5, 0.6) is 5.75 Å². The van der Waals surface area contributed by atoms with Crippen LogP contribution in [0.25, 0.3) is 11.3 Å². The number of nitrogens with one attached hydrogen (secondary N) is 1. The van der Waals surface area contributed by atoms with Gasteiger partial charge in [0.05, 0.1) is 12.1 Å². The van der Waals surface area contributed by atoms with Crippen molar-refractivity contribution in [3.63, 3.8) is 0 Å². The fourth-order valence-corrected chi connectivity index (χ4v) is 4.50. The molecule has 2 N–H and O–H groups in total. The standard InChI is InChI=1S/C23H23BrClN3O3/c1-13(2)31-10-4-9-28-22(14-5-3-6-15(24)11-14)19-20(26-27-21(19)23(28)30)17-12-16(25)7-8-18(17)29/h3,5-8,11-13,22,29H,4,9-10H2,1-2H3,(H,26,27). The van der Waals surface area contributed by atoms with Gasteiger partial charge in [0.25, 0.3) is 5.91 Å². The number of H-pyrrole nitrogens is 1. The van der Waals surface area contributed by atoms with Crippen molar-refractivity contribution in [3.05, 3.63) is 68.8 Å². The van der Waals surface area contributed by atoms with Crippen LogP contribution in [0.2, 0.25) is 5.02 Å². The molecule has 1 aromatic heterocycles. The lowest BCUT2D eigenvalue weighted by molar-refractivity contribution is 0.0601. The lowest BCUT2D eigenvalue weighted by Crippen LogP contribution is -2.31. The third kappa shape index (κ3) is 4.35. The van der Waals surface area contributed by atoms with Gasteiger partial charge in [-0.2, -0.15) is 5.10 Å². The quantitative estimate of drug-likeness (QED) is 0.413. The third-order valence-corrected chi connectivity index (χ3v) is 5.96. The first-order valence-electron chi connectivity index (χ1n) is 10.1. The first kappa shape index (κ1) is 21.9. The van der Waals surface area contributed by atoms with Crippen LogP contribution in [0.15, 0.2) is 46.9 Å². The molecule has 0 spiro atoms. The zero-order valence-corrected chi connectivity index (χ0v) is 19.6. The highest BCUT2D eigenvalue weighted by atomic mass is 79.9. The van der Waals surface area contributed by atoms with E-state index in [9.17, 15) is 9.90 Å². The van der Waals surface area contributed by atoms with Crippen LogP contribution in [0.1, 0.15) is 47.9 Å². The molecule has 1 aliphatic heterocycles. The number of phenolic OH excluding ortho intramolecular Hbond substituents is 1. The summed E-state index contributed by atoms with van der Waals surface area (Å²) in [6.45, 7) is 5.09. The minimum atomic E-state index is -0.341. The van der Waals surface area contributed by atoms with Crippen LogP contribution >= 0.6 is 27.5 Å². The Kier molecular flexibility index (Phi) is 6.36. The van der Waals surface area contributed by atoms with Gasteiger partial charge in [0.1, 0.15) is 17.1 Å². The van der Waals surface area contributed by atoms with Crippen molar-refractivity contribution in [3.8, 4) is 17.0 Å². The molecule has 6 nitrogen and oxygen atoms in total. The number of rotatable bonds is 7. The molecule has 1 aliphatic rings. The van der Waals surface area contributed by atoms with Gasteiger partial charge in [-0.05, 0) is 56.2 Å². The highest BCUT2D eigenvalue weighted by Crippen LogP contribution is 2.45. The number of carbonyl (C=O) groups excluding carboxylic acids is 1. The number of phenols is 1. The van der Waals surface area contributed by atoms with Crippen LogP contribution in [0, 0.1) is 0 Å². The van der Waals surface area contributed by atoms with Crippen molar-refractivity contribution in [2.24, 2.45) is 0 Å². The minimum absolute atomic E-state index is 0.0583. The van der Waals surface area contributed by atoms with E-state index in [1.165, 1.54) is 6.07 Å². The lowest BCUT2D eigenvalue weighted by atomic mass is 9.95. The number of amides is 1. The Balaban J connectivity index is 1.78. The van der Waals surface area contributed by atoms with E-state index in [0.717, 1.165) is 15.6 Å². The second-order valence-electron chi connectivity index (χ2n) is 7.75. The highest BCUT2D eigenvalue weighted by Gasteiger charge is 2.42. The number of fused-ring (bicyclic) bond motifs is 1. The highest BCUT2D eigenvalue weighted by molar-refractivity contribution is 9.10. The fourth-order valence-electron chi connectivity index (χ4n) is 3.91. The van der Waals surface area contributed by atoms with Crippen molar-refractivity contribution in [1.29, 1.82) is 0 Å². The Morgan fingerprint density at radius 1 is 1.29 bits per heavy atom. The Bertz CT molecular complexity index is 1120. The van der Waals surface area contributed by atoms with Gasteiger partial charge in [0.15, 0.2) is 0 Å². The number of ether oxygens (including phenoxy) is 1. The number of hydrogen-bond acceptors (Lipinski definition) is 4. The molecular weight excluding hydrogens is 482 g/mol. The summed E-state index contributed by atoms with van der Waals surface area (Å²) in [7, 11) is 0. The molecule has 0 radical (unpaired) electrons. The molecule has 0 saturated carbocycles. The third-order valence-electron chi connectivity index (χ3n) is 5.24. The summed E-state index contributed by atoms with van der Waals surface area (Å²) in [6, 6.07) is 12.3. The molecular formula is C23H23BrClN3O3. The van der Waals surface area contributed by atoms with Crippen molar-refractivity contribution in [2.75, 3.05) is 13.2 Å². The summed E-state index contributed by atoms with van der Waals surface area (Å²) >= 11 is 9.71. The van der Waals surface area contributed by atoms with Crippen LogP contribution in [-0.4, -0.2) is 45.4 Å². The van der Waals surface area contributed by atoms with E-state index in [1.807, 2.05) is 43.0 Å². The van der Waals surface area contributed by atoms with Gasteiger partial charge in [-0.1, -0.05) is 39.7 Å². The van der Waals surface area contributed by atoms with Crippen LogP contribution in [-0.2, 0) is 4.74 Å². The summed E-state index contributed by atoms with van der Waals surface area (Å²) < 4.78 is 6.59. The van der Waals surface area contributed by atoms with E-state index >= 15 is 0 Å². The van der Waals surface area contributed by atoms with Gasteiger partial charge < -0.3 is 14.7 Å². The van der Waals surface area contributed by atoms with E-state index in [4.69, 9.17) is 16.3 Å². The number of halogens is 2. The van der Waals surface area contributed by atoms with E-state index in [2.05, 4.69) is 26.1 Å². The number of carbonyl (C=O) groups is 1. The Morgan fingerprint density at radius 3 is 2.84 bits per heavy atom. The molecule has 3 aromatic rings. The van der Waals surface area contributed by atoms with Crippen molar-refractivity contribution >= 4 is 33.4 Å². The second-order valence-corrected chi connectivity index (χ2v) is 9.10. The summed E-state index contributed by atoms with van der Waals surface area (Å²) in [5.74, 6) is -0.0623. The number of hydrogen-bond donors (Lipinski definition) is 2. The SMILES string of the molecule is CC(C)OCCCN1C(=O)c2[nH]nc(-c3cc(Cl)ccc3O)c2C1c1cccc(Br)c1. The van der Waals surface area contributed by atoms with Gasteiger partial charge >= 0.3 is 0 Å².